The van der Waals surface area contributed by atoms with Gasteiger partial charge in [0, 0.05) is 6.07 Å². The predicted molar refractivity (Wildman–Crippen MR) is 76.3 cm³/mol. The zero-order valence-corrected chi connectivity index (χ0v) is 11.5. The van der Waals surface area contributed by atoms with Crippen molar-refractivity contribution in [2.24, 2.45) is 0 Å². The van der Waals surface area contributed by atoms with E-state index in [0.717, 1.165) is 0 Å². The zero-order valence-electron chi connectivity index (χ0n) is 11.5. The maximum Gasteiger partial charge on any atom is 0.228 e. The molecule has 1 amide bonds. The van der Waals surface area contributed by atoms with Gasteiger partial charge in [0.05, 0.1) is 18.7 Å². The van der Waals surface area contributed by atoms with E-state index < -0.39 is 11.6 Å². The highest BCUT2D eigenvalue weighted by Crippen LogP contribution is 2.25. The Bertz CT molecular complexity index is 644. The van der Waals surface area contributed by atoms with Crippen molar-refractivity contribution in [3.05, 3.63) is 59.7 Å². The first-order chi connectivity index (χ1) is 10.1. The van der Waals surface area contributed by atoms with Gasteiger partial charge in [-0.15, -0.1) is 0 Å². The SMILES string of the molecule is CCOc1cc(F)ccc1NC(=O)Cc1cccc(F)c1. The van der Waals surface area contributed by atoms with Gasteiger partial charge in [0.15, 0.2) is 0 Å². The molecule has 0 saturated carbocycles. The molecule has 0 saturated heterocycles. The molecule has 0 atom stereocenters. The van der Waals surface area contributed by atoms with Gasteiger partial charge in [0.2, 0.25) is 5.91 Å². The van der Waals surface area contributed by atoms with Crippen molar-refractivity contribution < 1.29 is 18.3 Å². The number of benzene rings is 2. The van der Waals surface area contributed by atoms with E-state index in [1.807, 2.05) is 0 Å². The van der Waals surface area contributed by atoms with Crippen LogP contribution in [0.2, 0.25) is 0 Å². The van der Waals surface area contributed by atoms with Crippen molar-refractivity contribution in [3.8, 4) is 5.75 Å². The van der Waals surface area contributed by atoms with Crippen LogP contribution in [0, 0.1) is 11.6 Å². The van der Waals surface area contributed by atoms with Crippen LogP contribution >= 0.6 is 0 Å². The molecule has 2 aromatic rings. The van der Waals surface area contributed by atoms with Crippen molar-refractivity contribution in [3.63, 3.8) is 0 Å². The summed E-state index contributed by atoms with van der Waals surface area (Å²) in [5, 5.41) is 2.64. The van der Waals surface area contributed by atoms with Crippen LogP contribution < -0.4 is 10.1 Å². The Morgan fingerprint density at radius 1 is 1.14 bits per heavy atom. The minimum atomic E-state index is -0.443. The Morgan fingerprint density at radius 3 is 2.62 bits per heavy atom. The Labute approximate surface area is 121 Å². The van der Waals surface area contributed by atoms with E-state index in [4.69, 9.17) is 4.74 Å². The number of nitrogens with one attached hydrogen (secondary N) is 1. The maximum absolute atomic E-state index is 13.2. The lowest BCUT2D eigenvalue weighted by molar-refractivity contribution is -0.115. The number of ether oxygens (including phenoxy) is 1. The molecule has 0 heterocycles. The molecule has 0 radical (unpaired) electrons. The number of halogens is 2. The lowest BCUT2D eigenvalue weighted by atomic mass is 10.1. The van der Waals surface area contributed by atoms with Gasteiger partial charge in [-0.05, 0) is 36.8 Å². The van der Waals surface area contributed by atoms with Gasteiger partial charge in [-0.2, -0.15) is 0 Å². The average molecular weight is 291 g/mol. The monoisotopic (exact) mass is 291 g/mol. The van der Waals surface area contributed by atoms with E-state index in [2.05, 4.69) is 5.32 Å². The first kappa shape index (κ1) is 15.0. The first-order valence-corrected chi connectivity index (χ1v) is 6.55. The average Bonchev–Trinajstić information content (AvgIpc) is 2.42. The number of anilines is 1. The van der Waals surface area contributed by atoms with Crippen LogP contribution in [0.3, 0.4) is 0 Å². The summed E-state index contributed by atoms with van der Waals surface area (Å²) >= 11 is 0. The summed E-state index contributed by atoms with van der Waals surface area (Å²) < 4.78 is 31.5. The van der Waals surface area contributed by atoms with E-state index in [-0.39, 0.29) is 18.1 Å². The molecule has 0 fully saturated rings. The number of carbonyl (C=O) groups excluding carboxylic acids is 1. The fourth-order valence-electron chi connectivity index (χ4n) is 1.90. The maximum atomic E-state index is 13.2. The minimum Gasteiger partial charge on any atom is -0.492 e. The van der Waals surface area contributed by atoms with Gasteiger partial charge >= 0.3 is 0 Å². The molecule has 1 N–H and O–H groups in total. The van der Waals surface area contributed by atoms with E-state index in [9.17, 15) is 13.6 Å². The van der Waals surface area contributed by atoms with Crippen LogP contribution in [0.15, 0.2) is 42.5 Å². The Kier molecular flexibility index (Phi) is 4.87. The van der Waals surface area contributed by atoms with Crippen LogP contribution in [0.4, 0.5) is 14.5 Å². The molecule has 0 unspecified atom stereocenters. The Hall–Kier alpha value is -2.43. The van der Waals surface area contributed by atoms with E-state index >= 15 is 0 Å². The normalized spacial score (nSPS) is 10.2. The quantitative estimate of drug-likeness (QED) is 0.915. The minimum absolute atomic E-state index is 0.0285. The van der Waals surface area contributed by atoms with Crippen LogP contribution in [-0.2, 0) is 11.2 Å². The number of carbonyl (C=O) groups is 1. The topological polar surface area (TPSA) is 38.3 Å². The fraction of sp³-hybridized carbons (Fsp3) is 0.188. The summed E-state index contributed by atoms with van der Waals surface area (Å²) in [7, 11) is 0. The second-order valence-corrected chi connectivity index (χ2v) is 4.43. The molecule has 2 rings (SSSR count). The van der Waals surface area contributed by atoms with Crippen LogP contribution in [0.25, 0.3) is 0 Å². The zero-order chi connectivity index (χ0) is 15.2. The fourth-order valence-corrected chi connectivity index (χ4v) is 1.90. The van der Waals surface area contributed by atoms with E-state index in [1.165, 1.54) is 30.3 Å². The third-order valence-electron chi connectivity index (χ3n) is 2.77. The van der Waals surface area contributed by atoms with Crippen molar-refractivity contribution in [2.45, 2.75) is 13.3 Å². The van der Waals surface area contributed by atoms with Crippen LogP contribution in [-0.4, -0.2) is 12.5 Å². The second-order valence-electron chi connectivity index (χ2n) is 4.43. The summed E-state index contributed by atoms with van der Waals surface area (Å²) in [6.07, 6.45) is 0.0285. The number of amides is 1. The summed E-state index contributed by atoms with van der Waals surface area (Å²) in [6, 6.07) is 9.70. The van der Waals surface area contributed by atoms with Crippen molar-refractivity contribution in [2.75, 3.05) is 11.9 Å². The van der Waals surface area contributed by atoms with Gasteiger partial charge in [0.1, 0.15) is 17.4 Å². The molecule has 5 heteroatoms. The van der Waals surface area contributed by atoms with Crippen molar-refractivity contribution in [1.82, 2.24) is 0 Å². The first-order valence-electron chi connectivity index (χ1n) is 6.55. The Morgan fingerprint density at radius 2 is 1.90 bits per heavy atom. The second kappa shape index (κ2) is 6.83. The van der Waals surface area contributed by atoms with Gasteiger partial charge in [-0.25, -0.2) is 8.78 Å². The number of hydrogen-bond donors (Lipinski definition) is 1. The van der Waals surface area contributed by atoms with Gasteiger partial charge < -0.3 is 10.1 Å². The molecule has 0 aromatic heterocycles. The largest absolute Gasteiger partial charge is 0.492 e. The summed E-state index contributed by atoms with van der Waals surface area (Å²) in [6.45, 7) is 2.12. The Balaban J connectivity index is 2.09. The number of hydrogen-bond acceptors (Lipinski definition) is 2. The molecule has 0 aliphatic heterocycles. The molecule has 21 heavy (non-hydrogen) atoms. The van der Waals surface area contributed by atoms with Crippen molar-refractivity contribution >= 4 is 11.6 Å². The molecule has 0 spiro atoms. The molecule has 0 aliphatic carbocycles. The third kappa shape index (κ3) is 4.27. The van der Waals surface area contributed by atoms with Gasteiger partial charge in [0.25, 0.3) is 0 Å². The molecule has 0 aliphatic rings. The highest BCUT2D eigenvalue weighted by Gasteiger charge is 2.10. The van der Waals surface area contributed by atoms with Crippen LogP contribution in [0.1, 0.15) is 12.5 Å². The molecular formula is C16H15F2NO2. The standard InChI is InChI=1S/C16H15F2NO2/c1-2-21-15-10-13(18)6-7-14(15)19-16(20)9-11-4-3-5-12(17)8-11/h3-8,10H,2,9H2,1H3,(H,19,20). The highest BCUT2D eigenvalue weighted by atomic mass is 19.1. The summed E-state index contributed by atoms with van der Waals surface area (Å²) in [4.78, 5) is 12.0. The predicted octanol–water partition coefficient (Wildman–Crippen LogP) is 3.54. The molecular weight excluding hydrogens is 276 g/mol. The van der Waals surface area contributed by atoms with Gasteiger partial charge in [-0.3, -0.25) is 4.79 Å². The summed E-state index contributed by atoms with van der Waals surface area (Å²) in [5.74, 6) is -0.892. The smallest absolute Gasteiger partial charge is 0.228 e. The lowest BCUT2D eigenvalue weighted by Gasteiger charge is -2.11. The molecule has 110 valence electrons. The third-order valence-corrected chi connectivity index (χ3v) is 2.77. The lowest BCUT2D eigenvalue weighted by Crippen LogP contribution is -2.15. The van der Waals surface area contributed by atoms with Gasteiger partial charge in [-0.1, -0.05) is 12.1 Å². The number of rotatable bonds is 5. The van der Waals surface area contributed by atoms with Crippen LogP contribution in [0.5, 0.6) is 5.75 Å². The molecule has 3 nitrogen and oxygen atoms in total. The molecule has 2 aromatic carbocycles. The summed E-state index contributed by atoms with van der Waals surface area (Å²) in [5.41, 5.74) is 0.951. The van der Waals surface area contributed by atoms with E-state index in [1.54, 1.807) is 19.1 Å². The highest BCUT2D eigenvalue weighted by molar-refractivity contribution is 5.93. The van der Waals surface area contributed by atoms with Crippen molar-refractivity contribution in [1.29, 1.82) is 0 Å². The van der Waals surface area contributed by atoms with E-state index in [0.29, 0.717) is 17.9 Å². The molecule has 0 bridgehead atoms.